The van der Waals surface area contributed by atoms with E-state index in [1.165, 1.54) is 0 Å². The van der Waals surface area contributed by atoms with Gasteiger partial charge in [0.05, 0.1) is 12.2 Å². The summed E-state index contributed by atoms with van der Waals surface area (Å²) in [6.45, 7) is 8.36. The topological polar surface area (TPSA) is 89.2 Å². The van der Waals surface area contributed by atoms with Gasteiger partial charge in [-0.3, -0.25) is 9.59 Å². The maximum atomic E-state index is 12.1. The standard InChI is InChI=1S/C14H24N4O2/c1-5-6-18-9-10(15)7-11(18)13(20)16-8-12(19)17-14(2,3)4/h7,9H,5-6,8,15H2,1-4H3,(H,16,20)(H,17,19). The number of anilines is 1. The van der Waals surface area contributed by atoms with Crippen molar-refractivity contribution in [3.63, 3.8) is 0 Å². The SMILES string of the molecule is CCCn1cc(N)cc1C(=O)NCC(=O)NC(C)(C)C. The second-order valence-electron chi connectivity index (χ2n) is 5.83. The largest absolute Gasteiger partial charge is 0.397 e. The van der Waals surface area contributed by atoms with Crippen LogP contribution in [0.4, 0.5) is 5.69 Å². The Morgan fingerprint density at radius 3 is 2.55 bits per heavy atom. The van der Waals surface area contributed by atoms with Crippen molar-refractivity contribution in [1.82, 2.24) is 15.2 Å². The van der Waals surface area contributed by atoms with Crippen molar-refractivity contribution in [3.05, 3.63) is 18.0 Å². The Labute approximate surface area is 119 Å². The molecule has 0 aliphatic rings. The van der Waals surface area contributed by atoms with Crippen LogP contribution < -0.4 is 16.4 Å². The molecule has 1 heterocycles. The first-order valence-corrected chi connectivity index (χ1v) is 6.78. The van der Waals surface area contributed by atoms with Gasteiger partial charge in [0.25, 0.3) is 5.91 Å². The molecule has 2 amide bonds. The lowest BCUT2D eigenvalue weighted by Crippen LogP contribution is -2.46. The van der Waals surface area contributed by atoms with Crippen LogP contribution >= 0.6 is 0 Å². The van der Waals surface area contributed by atoms with Crippen molar-refractivity contribution in [1.29, 1.82) is 0 Å². The van der Waals surface area contributed by atoms with Gasteiger partial charge >= 0.3 is 0 Å². The molecule has 4 N–H and O–H groups in total. The molecule has 112 valence electrons. The summed E-state index contributed by atoms with van der Waals surface area (Å²) in [7, 11) is 0. The van der Waals surface area contributed by atoms with Gasteiger partial charge in [-0.2, -0.15) is 0 Å². The minimum atomic E-state index is -0.311. The van der Waals surface area contributed by atoms with Crippen LogP contribution in [0.3, 0.4) is 0 Å². The van der Waals surface area contributed by atoms with Crippen molar-refractivity contribution in [3.8, 4) is 0 Å². The number of nitrogens with two attached hydrogens (primary N) is 1. The molecule has 1 rings (SSSR count). The summed E-state index contributed by atoms with van der Waals surface area (Å²) < 4.78 is 1.80. The van der Waals surface area contributed by atoms with Crippen LogP contribution in [0.5, 0.6) is 0 Å². The van der Waals surface area contributed by atoms with E-state index in [9.17, 15) is 9.59 Å². The zero-order valence-electron chi connectivity index (χ0n) is 12.6. The second kappa shape index (κ2) is 6.45. The highest BCUT2D eigenvalue weighted by Crippen LogP contribution is 2.11. The molecule has 6 heteroatoms. The van der Waals surface area contributed by atoms with Crippen molar-refractivity contribution >= 4 is 17.5 Å². The average Bonchev–Trinajstić information content (AvgIpc) is 2.65. The van der Waals surface area contributed by atoms with Gasteiger partial charge in [-0.05, 0) is 33.3 Å². The molecule has 0 saturated heterocycles. The van der Waals surface area contributed by atoms with Gasteiger partial charge in [0, 0.05) is 18.3 Å². The molecule has 0 spiro atoms. The third kappa shape index (κ3) is 4.95. The lowest BCUT2D eigenvalue weighted by Gasteiger charge is -2.20. The molecule has 1 aromatic heterocycles. The fourth-order valence-corrected chi connectivity index (χ4v) is 1.86. The number of nitrogen functional groups attached to an aromatic ring is 1. The van der Waals surface area contributed by atoms with E-state index in [1.54, 1.807) is 16.8 Å². The van der Waals surface area contributed by atoms with E-state index >= 15 is 0 Å². The Kier molecular flexibility index (Phi) is 5.19. The molecule has 0 aliphatic heterocycles. The lowest BCUT2D eigenvalue weighted by molar-refractivity contribution is -0.121. The van der Waals surface area contributed by atoms with E-state index in [4.69, 9.17) is 5.73 Å². The van der Waals surface area contributed by atoms with Crippen molar-refractivity contribution in [2.45, 2.75) is 46.2 Å². The monoisotopic (exact) mass is 280 g/mol. The average molecular weight is 280 g/mol. The number of aromatic nitrogens is 1. The van der Waals surface area contributed by atoms with Crippen LogP contribution in [-0.2, 0) is 11.3 Å². The number of nitrogens with one attached hydrogen (secondary N) is 2. The summed E-state index contributed by atoms with van der Waals surface area (Å²) in [4.78, 5) is 23.7. The zero-order valence-corrected chi connectivity index (χ0v) is 12.6. The Hall–Kier alpha value is -1.98. The van der Waals surface area contributed by atoms with Crippen molar-refractivity contribution < 1.29 is 9.59 Å². The molecular weight excluding hydrogens is 256 g/mol. The highest BCUT2D eigenvalue weighted by atomic mass is 16.2. The zero-order chi connectivity index (χ0) is 15.3. The van der Waals surface area contributed by atoms with Gasteiger partial charge in [0.2, 0.25) is 5.91 Å². The second-order valence-corrected chi connectivity index (χ2v) is 5.83. The highest BCUT2D eigenvalue weighted by molar-refractivity contribution is 5.96. The Morgan fingerprint density at radius 2 is 2.00 bits per heavy atom. The van der Waals surface area contributed by atoms with E-state index in [2.05, 4.69) is 10.6 Å². The number of amides is 2. The van der Waals surface area contributed by atoms with Gasteiger partial charge in [-0.25, -0.2) is 0 Å². The van der Waals surface area contributed by atoms with Gasteiger partial charge in [0.15, 0.2) is 0 Å². The third-order valence-electron chi connectivity index (χ3n) is 2.54. The molecule has 0 atom stereocenters. The van der Waals surface area contributed by atoms with Crippen LogP contribution in [0.25, 0.3) is 0 Å². The number of hydrogen-bond acceptors (Lipinski definition) is 3. The van der Waals surface area contributed by atoms with Crippen LogP contribution in [0.2, 0.25) is 0 Å². The smallest absolute Gasteiger partial charge is 0.268 e. The predicted octanol–water partition coefficient (Wildman–Crippen LogP) is 1.12. The van der Waals surface area contributed by atoms with Crippen LogP contribution in [0, 0.1) is 0 Å². The molecule has 0 saturated carbocycles. The van der Waals surface area contributed by atoms with Crippen LogP contribution in [0.15, 0.2) is 12.3 Å². The number of aryl methyl sites for hydroxylation is 1. The van der Waals surface area contributed by atoms with E-state index in [0.717, 1.165) is 6.42 Å². The maximum absolute atomic E-state index is 12.1. The number of rotatable bonds is 5. The van der Waals surface area contributed by atoms with E-state index in [-0.39, 0.29) is 23.9 Å². The number of carbonyl (C=O) groups excluding carboxylic acids is 2. The summed E-state index contributed by atoms with van der Waals surface area (Å²) in [6.07, 6.45) is 2.63. The van der Waals surface area contributed by atoms with Crippen molar-refractivity contribution in [2.24, 2.45) is 0 Å². The Morgan fingerprint density at radius 1 is 1.35 bits per heavy atom. The summed E-state index contributed by atoms with van der Waals surface area (Å²) >= 11 is 0. The minimum absolute atomic E-state index is 0.0483. The number of nitrogens with zero attached hydrogens (tertiary/aromatic N) is 1. The Balaban J connectivity index is 2.61. The molecular formula is C14H24N4O2. The van der Waals surface area contributed by atoms with E-state index < -0.39 is 0 Å². The van der Waals surface area contributed by atoms with Gasteiger partial charge in [-0.15, -0.1) is 0 Å². The summed E-state index contributed by atoms with van der Waals surface area (Å²) in [5.41, 5.74) is 6.42. The molecule has 0 aliphatic carbocycles. The Bertz CT molecular complexity index is 486. The highest BCUT2D eigenvalue weighted by Gasteiger charge is 2.16. The number of hydrogen-bond donors (Lipinski definition) is 3. The minimum Gasteiger partial charge on any atom is -0.397 e. The van der Waals surface area contributed by atoms with E-state index in [1.807, 2.05) is 27.7 Å². The summed E-state index contributed by atoms with van der Waals surface area (Å²) in [5.74, 6) is -0.508. The predicted molar refractivity (Wildman–Crippen MR) is 79.4 cm³/mol. The molecule has 0 fully saturated rings. The molecule has 0 unspecified atom stereocenters. The molecule has 6 nitrogen and oxygen atoms in total. The van der Waals surface area contributed by atoms with E-state index in [0.29, 0.717) is 17.9 Å². The fraction of sp³-hybridized carbons (Fsp3) is 0.571. The first-order valence-electron chi connectivity index (χ1n) is 6.78. The summed E-state index contributed by atoms with van der Waals surface area (Å²) in [6, 6.07) is 1.62. The normalized spacial score (nSPS) is 11.2. The van der Waals surface area contributed by atoms with Crippen LogP contribution in [0.1, 0.15) is 44.6 Å². The molecule has 0 radical (unpaired) electrons. The van der Waals surface area contributed by atoms with Gasteiger partial charge in [0.1, 0.15) is 5.69 Å². The first kappa shape index (κ1) is 16.1. The molecule has 20 heavy (non-hydrogen) atoms. The molecule has 1 aromatic rings. The maximum Gasteiger partial charge on any atom is 0.268 e. The molecule has 0 aromatic carbocycles. The first-order chi connectivity index (χ1) is 9.23. The third-order valence-corrected chi connectivity index (χ3v) is 2.54. The quantitative estimate of drug-likeness (QED) is 0.755. The van der Waals surface area contributed by atoms with Crippen LogP contribution in [-0.4, -0.2) is 28.5 Å². The summed E-state index contributed by atoms with van der Waals surface area (Å²) in [5, 5.41) is 5.39. The van der Waals surface area contributed by atoms with Crippen molar-refractivity contribution in [2.75, 3.05) is 12.3 Å². The van der Waals surface area contributed by atoms with Gasteiger partial charge < -0.3 is 20.9 Å². The molecule has 0 bridgehead atoms. The lowest BCUT2D eigenvalue weighted by atomic mass is 10.1. The van der Waals surface area contributed by atoms with Gasteiger partial charge in [-0.1, -0.05) is 6.92 Å². The fourth-order valence-electron chi connectivity index (χ4n) is 1.86. The number of carbonyl (C=O) groups is 2.